The van der Waals surface area contributed by atoms with Crippen LogP contribution in [0.3, 0.4) is 0 Å². The maximum Gasteiger partial charge on any atom is 0.283 e. The summed E-state index contributed by atoms with van der Waals surface area (Å²) in [6, 6.07) is 19.3. The molecule has 0 saturated carbocycles. The number of aryl methyl sites for hydroxylation is 2. The molecule has 8 heteroatoms. The van der Waals surface area contributed by atoms with Crippen LogP contribution in [0.15, 0.2) is 81.9 Å². The predicted molar refractivity (Wildman–Crippen MR) is 133 cm³/mol. The highest BCUT2D eigenvalue weighted by molar-refractivity contribution is 9.10. The summed E-state index contributed by atoms with van der Waals surface area (Å²) in [7, 11) is 0. The van der Waals surface area contributed by atoms with E-state index >= 15 is 0 Å². The van der Waals surface area contributed by atoms with Gasteiger partial charge < -0.3 is 10.6 Å². The van der Waals surface area contributed by atoms with Crippen molar-refractivity contribution in [3.63, 3.8) is 0 Å². The number of nitrogens with zero attached hydrogens (tertiary/aromatic N) is 1. The van der Waals surface area contributed by atoms with Crippen molar-refractivity contribution in [3.8, 4) is 0 Å². The van der Waals surface area contributed by atoms with Crippen LogP contribution >= 0.6 is 27.5 Å². The van der Waals surface area contributed by atoms with Crippen molar-refractivity contribution < 1.29 is 14.4 Å². The van der Waals surface area contributed by atoms with E-state index in [9.17, 15) is 14.4 Å². The Bertz CT molecular complexity index is 1320. The summed E-state index contributed by atoms with van der Waals surface area (Å²) in [5.41, 5.74) is 3.70. The van der Waals surface area contributed by atoms with Crippen molar-refractivity contribution in [3.05, 3.63) is 98.6 Å². The zero-order valence-corrected chi connectivity index (χ0v) is 20.1. The highest BCUT2D eigenvalue weighted by Gasteiger charge is 2.39. The smallest absolute Gasteiger partial charge is 0.283 e. The Morgan fingerprint density at radius 3 is 2.36 bits per heavy atom. The van der Waals surface area contributed by atoms with Crippen LogP contribution in [0.2, 0.25) is 0 Å². The summed E-state index contributed by atoms with van der Waals surface area (Å²) in [6.07, 6.45) is 0. The van der Waals surface area contributed by atoms with Gasteiger partial charge in [-0.25, -0.2) is 4.90 Å². The molecule has 3 amide bonds. The highest BCUT2D eigenvalue weighted by atomic mass is 79.9. The number of rotatable bonds is 5. The zero-order valence-electron chi connectivity index (χ0n) is 17.8. The van der Waals surface area contributed by atoms with E-state index in [0.29, 0.717) is 22.6 Å². The van der Waals surface area contributed by atoms with Crippen LogP contribution in [0.4, 0.5) is 17.1 Å². The molecule has 0 aliphatic carbocycles. The second-order valence-corrected chi connectivity index (χ2v) is 8.88. The van der Waals surface area contributed by atoms with Gasteiger partial charge in [-0.05, 0) is 61.9 Å². The van der Waals surface area contributed by atoms with Gasteiger partial charge >= 0.3 is 0 Å². The minimum Gasteiger partial charge on any atom is -0.349 e. The fraction of sp³-hybridized carbons (Fsp3) is 0.0800. The Balaban J connectivity index is 1.58. The van der Waals surface area contributed by atoms with Crippen LogP contribution in [-0.2, 0) is 9.59 Å². The fourth-order valence-electron chi connectivity index (χ4n) is 3.34. The molecular formula is C25H19BrClN3O3. The van der Waals surface area contributed by atoms with Gasteiger partial charge in [0.2, 0.25) is 0 Å². The summed E-state index contributed by atoms with van der Waals surface area (Å²) >= 11 is 9.62. The third-order valence-electron chi connectivity index (χ3n) is 5.16. The number of carbonyl (C=O) groups excluding carboxylic acids is 3. The summed E-state index contributed by atoms with van der Waals surface area (Å²) in [4.78, 5) is 39.5. The molecule has 0 bridgehead atoms. The number of hydrogen-bond donors (Lipinski definition) is 2. The van der Waals surface area contributed by atoms with Crippen molar-refractivity contribution in [2.24, 2.45) is 0 Å². The monoisotopic (exact) mass is 523 g/mol. The first-order valence-corrected chi connectivity index (χ1v) is 11.2. The average molecular weight is 525 g/mol. The third kappa shape index (κ3) is 4.69. The molecule has 3 aromatic rings. The lowest BCUT2D eigenvalue weighted by Crippen LogP contribution is -2.32. The maximum atomic E-state index is 13.0. The number of amides is 3. The Hall–Kier alpha value is -3.42. The number of imide groups is 1. The number of benzene rings is 3. The molecule has 1 aliphatic rings. The lowest BCUT2D eigenvalue weighted by molar-refractivity contribution is -0.120. The zero-order chi connectivity index (χ0) is 23.7. The number of anilines is 3. The second kappa shape index (κ2) is 9.21. The topological polar surface area (TPSA) is 78.5 Å². The molecule has 6 nitrogen and oxygen atoms in total. The van der Waals surface area contributed by atoms with Gasteiger partial charge in [0.25, 0.3) is 17.7 Å². The van der Waals surface area contributed by atoms with Gasteiger partial charge in [0.15, 0.2) is 0 Å². The molecule has 1 aliphatic heterocycles. The highest BCUT2D eigenvalue weighted by Crippen LogP contribution is 2.31. The second-order valence-electron chi connectivity index (χ2n) is 7.59. The van der Waals surface area contributed by atoms with Crippen molar-refractivity contribution in [2.45, 2.75) is 13.8 Å². The molecule has 1 heterocycles. The molecule has 0 spiro atoms. The van der Waals surface area contributed by atoms with Gasteiger partial charge in [-0.3, -0.25) is 14.4 Å². The Labute approximate surface area is 204 Å². The number of hydrogen-bond acceptors (Lipinski definition) is 4. The van der Waals surface area contributed by atoms with Crippen LogP contribution in [0.5, 0.6) is 0 Å². The fourth-order valence-corrected chi connectivity index (χ4v) is 3.95. The first-order valence-electron chi connectivity index (χ1n) is 10.0. The number of carbonyl (C=O) groups is 3. The van der Waals surface area contributed by atoms with E-state index < -0.39 is 11.8 Å². The minimum atomic E-state index is -0.603. The Morgan fingerprint density at radius 2 is 1.67 bits per heavy atom. The average Bonchev–Trinajstić information content (AvgIpc) is 2.99. The summed E-state index contributed by atoms with van der Waals surface area (Å²) < 4.78 is 0.843. The van der Waals surface area contributed by atoms with Gasteiger partial charge in [0.05, 0.1) is 5.69 Å². The van der Waals surface area contributed by atoms with E-state index in [4.69, 9.17) is 11.6 Å². The van der Waals surface area contributed by atoms with Gasteiger partial charge in [-0.2, -0.15) is 0 Å². The normalized spacial score (nSPS) is 13.5. The van der Waals surface area contributed by atoms with Crippen LogP contribution in [0, 0.1) is 13.8 Å². The van der Waals surface area contributed by atoms with E-state index in [2.05, 4.69) is 26.6 Å². The first-order chi connectivity index (χ1) is 15.7. The van der Waals surface area contributed by atoms with Gasteiger partial charge in [-0.15, -0.1) is 0 Å². The number of nitrogens with one attached hydrogen (secondary N) is 2. The number of halogens is 2. The summed E-state index contributed by atoms with van der Waals surface area (Å²) in [5, 5.41) is 5.59. The van der Waals surface area contributed by atoms with E-state index in [1.54, 1.807) is 42.5 Å². The van der Waals surface area contributed by atoms with E-state index in [-0.39, 0.29) is 16.6 Å². The van der Waals surface area contributed by atoms with Crippen LogP contribution < -0.4 is 15.5 Å². The molecule has 0 atom stereocenters. The Kier molecular flexibility index (Phi) is 6.35. The first kappa shape index (κ1) is 22.8. The molecule has 0 aromatic heterocycles. The SMILES string of the molecule is Cc1ccc(N2C(=O)C(Cl)=C(Nc3cc(C(=O)Nc4cccc(Br)c4)ccc3C)C2=O)cc1. The van der Waals surface area contributed by atoms with E-state index in [1.165, 1.54) is 0 Å². The van der Waals surface area contributed by atoms with Crippen molar-refractivity contribution in [2.75, 3.05) is 15.5 Å². The lowest BCUT2D eigenvalue weighted by Gasteiger charge is -2.16. The summed E-state index contributed by atoms with van der Waals surface area (Å²) in [5.74, 6) is -1.47. The van der Waals surface area contributed by atoms with Gasteiger partial charge in [0, 0.05) is 21.4 Å². The van der Waals surface area contributed by atoms with E-state index in [0.717, 1.165) is 20.5 Å². The maximum absolute atomic E-state index is 13.0. The quantitative estimate of drug-likeness (QED) is 0.416. The molecular weight excluding hydrogens is 506 g/mol. The molecule has 2 N–H and O–H groups in total. The summed E-state index contributed by atoms with van der Waals surface area (Å²) in [6.45, 7) is 3.74. The molecule has 166 valence electrons. The van der Waals surface area contributed by atoms with Gasteiger partial charge in [0.1, 0.15) is 10.7 Å². The molecule has 0 radical (unpaired) electrons. The minimum absolute atomic E-state index is 0.0325. The molecule has 3 aromatic carbocycles. The Morgan fingerprint density at radius 1 is 0.939 bits per heavy atom. The van der Waals surface area contributed by atoms with Crippen molar-refractivity contribution in [1.82, 2.24) is 0 Å². The molecule has 0 fully saturated rings. The largest absolute Gasteiger partial charge is 0.349 e. The standard InChI is InChI=1S/C25H19BrClN3O3/c1-14-6-10-19(11-7-14)30-24(32)21(27)22(25(30)33)29-20-12-16(9-8-15(20)2)23(31)28-18-5-3-4-17(26)13-18/h3-13,29H,1-2H3,(H,28,31). The van der Waals surface area contributed by atoms with Crippen LogP contribution in [-0.4, -0.2) is 17.7 Å². The van der Waals surface area contributed by atoms with E-state index in [1.807, 2.05) is 38.1 Å². The molecule has 4 rings (SSSR count). The van der Waals surface area contributed by atoms with Crippen LogP contribution in [0.1, 0.15) is 21.5 Å². The van der Waals surface area contributed by atoms with Crippen LogP contribution in [0.25, 0.3) is 0 Å². The molecule has 0 unspecified atom stereocenters. The van der Waals surface area contributed by atoms with Crippen molar-refractivity contribution >= 4 is 62.3 Å². The molecule has 0 saturated heterocycles. The lowest BCUT2D eigenvalue weighted by atomic mass is 10.1. The third-order valence-corrected chi connectivity index (χ3v) is 6.01. The predicted octanol–water partition coefficient (Wildman–Crippen LogP) is 5.75. The van der Waals surface area contributed by atoms with Crippen molar-refractivity contribution in [1.29, 1.82) is 0 Å². The van der Waals surface area contributed by atoms with Gasteiger partial charge in [-0.1, -0.05) is 57.4 Å². The molecule has 33 heavy (non-hydrogen) atoms.